The molecule has 0 bridgehead atoms. The molecular weight excluding hydrogens is 393 g/mol. The van der Waals surface area contributed by atoms with Crippen LogP contribution in [0.5, 0.6) is 0 Å². The van der Waals surface area contributed by atoms with E-state index in [0.717, 1.165) is 29.4 Å². The van der Waals surface area contributed by atoms with E-state index < -0.39 is 0 Å². The van der Waals surface area contributed by atoms with Gasteiger partial charge in [-0.3, -0.25) is 4.79 Å². The van der Waals surface area contributed by atoms with Crippen LogP contribution in [0.15, 0.2) is 54.6 Å². The van der Waals surface area contributed by atoms with E-state index in [1.807, 2.05) is 59.5 Å². The monoisotopic (exact) mass is 415 g/mol. The van der Waals surface area contributed by atoms with Crippen molar-refractivity contribution in [1.82, 2.24) is 4.90 Å². The first-order valence-electron chi connectivity index (χ1n) is 8.24. The van der Waals surface area contributed by atoms with Crippen LogP contribution in [-0.2, 0) is 4.79 Å². The molecule has 1 saturated heterocycles. The lowest BCUT2D eigenvalue weighted by atomic mass is 9.97. The molecular formula is C19H24Cl3N3O. The molecule has 1 unspecified atom stereocenters. The largest absolute Gasteiger partial charge is 0.367 e. The molecule has 0 radical (unpaired) electrons. The molecule has 0 aliphatic carbocycles. The maximum Gasteiger partial charge on any atom is 0.231 e. The molecule has 7 heteroatoms. The Morgan fingerprint density at radius 1 is 0.962 bits per heavy atom. The molecule has 1 aliphatic heterocycles. The summed E-state index contributed by atoms with van der Waals surface area (Å²) >= 11 is 6.27. The predicted octanol–water partition coefficient (Wildman–Crippen LogP) is 3.57. The van der Waals surface area contributed by atoms with Gasteiger partial charge in [0.2, 0.25) is 5.91 Å². The third-order valence-corrected chi connectivity index (χ3v) is 4.84. The molecule has 0 spiro atoms. The van der Waals surface area contributed by atoms with Gasteiger partial charge in [-0.1, -0.05) is 54.1 Å². The van der Waals surface area contributed by atoms with E-state index in [1.165, 1.54) is 0 Å². The van der Waals surface area contributed by atoms with Gasteiger partial charge in [-0.2, -0.15) is 0 Å². The van der Waals surface area contributed by atoms with Crippen LogP contribution in [0, 0.1) is 0 Å². The highest BCUT2D eigenvalue weighted by Gasteiger charge is 2.28. The highest BCUT2D eigenvalue weighted by atomic mass is 35.5. The lowest BCUT2D eigenvalue weighted by Gasteiger charge is -2.37. The van der Waals surface area contributed by atoms with Gasteiger partial charge in [-0.25, -0.2) is 0 Å². The zero-order valence-electron chi connectivity index (χ0n) is 14.4. The van der Waals surface area contributed by atoms with E-state index >= 15 is 0 Å². The van der Waals surface area contributed by atoms with Crippen molar-refractivity contribution in [1.29, 1.82) is 0 Å². The van der Waals surface area contributed by atoms with Gasteiger partial charge in [0.25, 0.3) is 0 Å². The van der Waals surface area contributed by atoms with Crippen LogP contribution in [-0.4, -0.2) is 43.5 Å². The van der Waals surface area contributed by atoms with E-state index in [2.05, 4.69) is 4.90 Å². The van der Waals surface area contributed by atoms with Crippen LogP contribution in [0.25, 0.3) is 0 Å². The molecule has 4 nitrogen and oxygen atoms in total. The lowest BCUT2D eigenvalue weighted by Crippen LogP contribution is -2.50. The summed E-state index contributed by atoms with van der Waals surface area (Å²) in [6.07, 6.45) is 0. The van der Waals surface area contributed by atoms with Crippen molar-refractivity contribution in [3.05, 3.63) is 65.2 Å². The topological polar surface area (TPSA) is 49.6 Å². The molecule has 1 amide bonds. The zero-order valence-corrected chi connectivity index (χ0v) is 16.8. The second kappa shape index (κ2) is 10.6. The van der Waals surface area contributed by atoms with Crippen LogP contribution in [0.2, 0.25) is 5.02 Å². The fourth-order valence-electron chi connectivity index (χ4n) is 3.16. The maximum absolute atomic E-state index is 12.8. The lowest BCUT2D eigenvalue weighted by molar-refractivity contribution is -0.132. The van der Waals surface area contributed by atoms with E-state index in [1.54, 1.807) is 0 Å². The van der Waals surface area contributed by atoms with Crippen molar-refractivity contribution in [3.63, 3.8) is 0 Å². The van der Waals surface area contributed by atoms with Gasteiger partial charge in [0.1, 0.15) is 0 Å². The third kappa shape index (κ3) is 5.04. The van der Waals surface area contributed by atoms with Crippen molar-refractivity contribution in [3.8, 4) is 0 Å². The maximum atomic E-state index is 12.8. The second-order valence-electron chi connectivity index (χ2n) is 5.96. The number of hydrogen-bond donors (Lipinski definition) is 1. The Balaban J connectivity index is 0.00000169. The minimum atomic E-state index is -0.266. The third-order valence-electron chi connectivity index (χ3n) is 4.52. The Morgan fingerprint density at radius 2 is 1.54 bits per heavy atom. The van der Waals surface area contributed by atoms with E-state index in [4.69, 9.17) is 17.3 Å². The van der Waals surface area contributed by atoms with Gasteiger partial charge in [0.05, 0.1) is 16.6 Å². The van der Waals surface area contributed by atoms with Crippen molar-refractivity contribution in [2.75, 3.05) is 37.6 Å². The molecule has 3 rings (SSSR count). The second-order valence-corrected chi connectivity index (χ2v) is 6.37. The van der Waals surface area contributed by atoms with E-state index in [-0.39, 0.29) is 36.6 Å². The Morgan fingerprint density at radius 3 is 2.12 bits per heavy atom. The summed E-state index contributed by atoms with van der Waals surface area (Å²) in [4.78, 5) is 17.0. The van der Waals surface area contributed by atoms with Crippen LogP contribution in [0.4, 0.5) is 5.69 Å². The predicted molar refractivity (Wildman–Crippen MR) is 113 cm³/mol. The van der Waals surface area contributed by atoms with Gasteiger partial charge in [0.15, 0.2) is 0 Å². The molecule has 2 aromatic rings. The molecule has 2 N–H and O–H groups in total. The smallest absolute Gasteiger partial charge is 0.231 e. The van der Waals surface area contributed by atoms with Gasteiger partial charge < -0.3 is 15.5 Å². The van der Waals surface area contributed by atoms with Crippen LogP contribution < -0.4 is 10.6 Å². The Hall–Kier alpha value is -1.46. The molecule has 0 aromatic heterocycles. The van der Waals surface area contributed by atoms with Crippen molar-refractivity contribution >= 4 is 48.0 Å². The number of hydrogen-bond acceptors (Lipinski definition) is 3. The number of para-hydroxylation sites is 1. The van der Waals surface area contributed by atoms with Gasteiger partial charge in [-0.05, 0) is 17.7 Å². The number of benzene rings is 2. The fourth-order valence-corrected chi connectivity index (χ4v) is 3.42. The number of nitrogens with two attached hydrogens (primary N) is 1. The van der Waals surface area contributed by atoms with E-state index in [9.17, 15) is 4.79 Å². The molecule has 0 saturated carbocycles. The quantitative estimate of drug-likeness (QED) is 0.829. The summed E-state index contributed by atoms with van der Waals surface area (Å²) < 4.78 is 0. The number of carbonyl (C=O) groups excluding carboxylic acids is 1. The highest BCUT2D eigenvalue weighted by Crippen LogP contribution is 2.26. The molecule has 2 aromatic carbocycles. The summed E-state index contributed by atoms with van der Waals surface area (Å²) in [7, 11) is 0. The summed E-state index contributed by atoms with van der Waals surface area (Å²) in [5.74, 6) is -0.152. The summed E-state index contributed by atoms with van der Waals surface area (Å²) in [6.45, 7) is 3.26. The van der Waals surface area contributed by atoms with E-state index in [0.29, 0.717) is 19.6 Å². The number of amides is 1. The first kappa shape index (κ1) is 22.6. The van der Waals surface area contributed by atoms with Crippen LogP contribution in [0.3, 0.4) is 0 Å². The summed E-state index contributed by atoms with van der Waals surface area (Å²) in [5.41, 5.74) is 7.89. The first-order valence-corrected chi connectivity index (χ1v) is 8.62. The van der Waals surface area contributed by atoms with Gasteiger partial charge >= 0.3 is 0 Å². The first-order chi connectivity index (χ1) is 11.7. The molecule has 142 valence electrons. The summed E-state index contributed by atoms with van der Waals surface area (Å²) in [5, 5.41) is 0.751. The number of anilines is 1. The molecule has 1 atom stereocenters. The average molecular weight is 417 g/mol. The van der Waals surface area contributed by atoms with Crippen molar-refractivity contribution in [2.45, 2.75) is 5.92 Å². The van der Waals surface area contributed by atoms with Gasteiger partial charge in [0, 0.05) is 32.7 Å². The van der Waals surface area contributed by atoms with Crippen molar-refractivity contribution < 1.29 is 4.79 Å². The SMILES string of the molecule is Cl.Cl.NCC(C(=O)N1CCN(c2ccccc2Cl)CC1)c1ccccc1. The number of nitrogens with zero attached hydrogens (tertiary/aromatic N) is 2. The van der Waals surface area contributed by atoms with Crippen LogP contribution in [0.1, 0.15) is 11.5 Å². The Kier molecular flexibility index (Phi) is 9.23. The van der Waals surface area contributed by atoms with Gasteiger partial charge in [-0.15, -0.1) is 24.8 Å². The highest BCUT2D eigenvalue weighted by molar-refractivity contribution is 6.33. The number of carbonyl (C=O) groups is 1. The number of piperazine rings is 1. The average Bonchev–Trinajstić information content (AvgIpc) is 2.64. The summed E-state index contributed by atoms with van der Waals surface area (Å²) in [6, 6.07) is 17.6. The Bertz CT molecular complexity index is 691. The number of halogens is 3. The normalized spacial score (nSPS) is 14.8. The zero-order chi connectivity index (χ0) is 16.9. The minimum absolute atomic E-state index is 0. The number of rotatable bonds is 4. The minimum Gasteiger partial charge on any atom is -0.367 e. The molecule has 1 aliphatic rings. The molecule has 26 heavy (non-hydrogen) atoms. The molecule has 1 heterocycles. The fraction of sp³-hybridized carbons (Fsp3) is 0.316. The standard InChI is InChI=1S/C19H22ClN3O.2ClH/c20-17-8-4-5-9-18(17)22-10-12-23(13-11-22)19(24)16(14-21)15-6-2-1-3-7-15;;/h1-9,16H,10-14,21H2;2*1H. The molecule has 1 fully saturated rings. The van der Waals surface area contributed by atoms with Crippen molar-refractivity contribution in [2.24, 2.45) is 5.73 Å². The van der Waals surface area contributed by atoms with Crippen LogP contribution >= 0.6 is 36.4 Å². The Labute approximate surface area is 172 Å².